The van der Waals surface area contributed by atoms with E-state index in [-0.39, 0.29) is 12.0 Å². The topological polar surface area (TPSA) is 102 Å². The summed E-state index contributed by atoms with van der Waals surface area (Å²) in [4.78, 5) is 4.39. The summed E-state index contributed by atoms with van der Waals surface area (Å²) in [5.41, 5.74) is 2.19. The summed E-state index contributed by atoms with van der Waals surface area (Å²) < 4.78 is 6.87. The Morgan fingerprint density at radius 1 is 1.21 bits per heavy atom. The monoisotopic (exact) mass is 328 g/mol. The number of hydrogen-bond donors (Lipinski definition) is 2. The Morgan fingerprint density at radius 2 is 1.96 bits per heavy atom. The zero-order chi connectivity index (χ0) is 17.2. The Balaban J connectivity index is 1.63. The highest BCUT2D eigenvalue weighted by molar-refractivity contribution is 5.48. The Morgan fingerprint density at radius 3 is 2.54 bits per heavy atom. The number of aromatic nitrogens is 5. The molecule has 0 amide bonds. The molecule has 0 saturated heterocycles. The number of nitrogens with zero attached hydrogens (tertiary/aromatic N) is 5. The average Bonchev–Trinajstić information content (AvgIpc) is 3.22. The maximum atomic E-state index is 9.03. The van der Waals surface area contributed by atoms with Gasteiger partial charge in [-0.25, -0.2) is 4.68 Å². The molecule has 3 rings (SSSR count). The number of aliphatic hydroxyl groups excluding tert-OH is 1. The lowest BCUT2D eigenvalue weighted by molar-refractivity contribution is 0.276. The van der Waals surface area contributed by atoms with Crippen molar-refractivity contribution < 1.29 is 9.63 Å². The number of hydrogen-bond acceptors (Lipinski definition) is 7. The zero-order valence-corrected chi connectivity index (χ0v) is 13.9. The SMILES string of the molecule is CC(C)(C)c1noc(CNc2ccc(-n3cc(CO)nn3)cc2)n1. The van der Waals surface area contributed by atoms with Gasteiger partial charge in [0.2, 0.25) is 5.89 Å². The van der Waals surface area contributed by atoms with Gasteiger partial charge in [-0.15, -0.1) is 5.10 Å². The molecule has 0 saturated carbocycles. The lowest BCUT2D eigenvalue weighted by Gasteiger charge is -2.10. The minimum atomic E-state index is -0.130. The van der Waals surface area contributed by atoms with Crippen molar-refractivity contribution in [3.8, 4) is 5.69 Å². The highest BCUT2D eigenvalue weighted by atomic mass is 16.5. The van der Waals surface area contributed by atoms with E-state index in [4.69, 9.17) is 9.63 Å². The molecule has 0 spiro atoms. The molecule has 0 fully saturated rings. The summed E-state index contributed by atoms with van der Waals surface area (Å²) in [5, 5.41) is 24.1. The van der Waals surface area contributed by atoms with Gasteiger partial charge in [0, 0.05) is 11.1 Å². The fourth-order valence-electron chi connectivity index (χ4n) is 2.04. The van der Waals surface area contributed by atoms with Crippen LogP contribution in [0.15, 0.2) is 35.0 Å². The molecule has 0 atom stereocenters. The van der Waals surface area contributed by atoms with Gasteiger partial charge in [-0.1, -0.05) is 31.1 Å². The third kappa shape index (κ3) is 3.60. The van der Waals surface area contributed by atoms with E-state index >= 15 is 0 Å². The lowest BCUT2D eigenvalue weighted by atomic mass is 9.96. The molecular formula is C16H20N6O2. The van der Waals surface area contributed by atoms with Crippen molar-refractivity contribution in [3.05, 3.63) is 47.9 Å². The zero-order valence-electron chi connectivity index (χ0n) is 13.9. The Labute approximate surface area is 139 Å². The van der Waals surface area contributed by atoms with E-state index in [0.717, 1.165) is 11.4 Å². The van der Waals surface area contributed by atoms with E-state index in [2.05, 4.69) is 25.8 Å². The van der Waals surface area contributed by atoms with Crippen molar-refractivity contribution in [1.29, 1.82) is 0 Å². The minimum Gasteiger partial charge on any atom is -0.390 e. The molecule has 2 N–H and O–H groups in total. The van der Waals surface area contributed by atoms with Gasteiger partial charge in [-0.05, 0) is 24.3 Å². The lowest BCUT2D eigenvalue weighted by Crippen LogP contribution is -2.13. The van der Waals surface area contributed by atoms with E-state index < -0.39 is 0 Å². The van der Waals surface area contributed by atoms with Crippen molar-refractivity contribution >= 4 is 5.69 Å². The Hall–Kier alpha value is -2.74. The van der Waals surface area contributed by atoms with Crippen LogP contribution in [0.3, 0.4) is 0 Å². The van der Waals surface area contributed by atoms with E-state index in [9.17, 15) is 0 Å². The number of benzene rings is 1. The molecule has 8 nitrogen and oxygen atoms in total. The summed E-state index contributed by atoms with van der Waals surface area (Å²) in [7, 11) is 0. The van der Waals surface area contributed by atoms with E-state index in [1.54, 1.807) is 10.9 Å². The van der Waals surface area contributed by atoms with Gasteiger partial charge in [0.15, 0.2) is 5.82 Å². The molecule has 0 aliphatic carbocycles. The standard InChI is InChI=1S/C16H20N6O2/c1-16(2,3)15-18-14(24-20-15)8-17-11-4-6-13(7-5-11)22-9-12(10-23)19-21-22/h4-7,9,17,23H,8,10H2,1-3H3. The normalized spacial score (nSPS) is 11.7. The Kier molecular flexibility index (Phi) is 4.30. The van der Waals surface area contributed by atoms with Crippen LogP contribution in [0.1, 0.15) is 38.2 Å². The molecular weight excluding hydrogens is 308 g/mol. The van der Waals surface area contributed by atoms with E-state index in [1.165, 1.54) is 0 Å². The summed E-state index contributed by atoms with van der Waals surface area (Å²) in [6, 6.07) is 7.67. The minimum absolute atomic E-state index is 0.125. The van der Waals surface area contributed by atoms with Gasteiger partial charge in [-0.2, -0.15) is 4.98 Å². The largest absolute Gasteiger partial charge is 0.390 e. The van der Waals surface area contributed by atoms with Crippen LogP contribution in [-0.2, 0) is 18.6 Å². The van der Waals surface area contributed by atoms with Crippen LogP contribution in [0.25, 0.3) is 5.69 Å². The van der Waals surface area contributed by atoms with Gasteiger partial charge in [-0.3, -0.25) is 0 Å². The quantitative estimate of drug-likeness (QED) is 0.739. The van der Waals surface area contributed by atoms with Crippen LogP contribution in [0.2, 0.25) is 0 Å². The Bertz CT molecular complexity index is 801. The van der Waals surface area contributed by atoms with Crippen molar-refractivity contribution in [2.24, 2.45) is 0 Å². The van der Waals surface area contributed by atoms with Crippen molar-refractivity contribution in [2.45, 2.75) is 39.3 Å². The summed E-state index contributed by atoms with van der Waals surface area (Å²) in [5.74, 6) is 1.24. The van der Waals surface area contributed by atoms with Crippen LogP contribution in [0.4, 0.5) is 5.69 Å². The van der Waals surface area contributed by atoms with E-state index in [0.29, 0.717) is 24.0 Å². The predicted molar refractivity (Wildman–Crippen MR) is 87.6 cm³/mol. The third-order valence-electron chi connectivity index (χ3n) is 3.42. The van der Waals surface area contributed by atoms with Gasteiger partial charge in [0.1, 0.15) is 5.69 Å². The second-order valence-corrected chi connectivity index (χ2v) is 6.47. The first kappa shape index (κ1) is 16.1. The van der Waals surface area contributed by atoms with Gasteiger partial charge < -0.3 is 14.9 Å². The fraction of sp³-hybridized carbons (Fsp3) is 0.375. The van der Waals surface area contributed by atoms with Crippen LogP contribution >= 0.6 is 0 Å². The molecule has 0 unspecified atom stereocenters. The second kappa shape index (κ2) is 6.40. The average molecular weight is 328 g/mol. The van der Waals surface area contributed by atoms with Crippen molar-refractivity contribution in [2.75, 3.05) is 5.32 Å². The summed E-state index contributed by atoms with van der Waals surface area (Å²) in [6.45, 7) is 6.46. The molecule has 2 aromatic heterocycles. The summed E-state index contributed by atoms with van der Waals surface area (Å²) >= 11 is 0. The molecule has 3 aromatic rings. The fourth-order valence-corrected chi connectivity index (χ4v) is 2.04. The van der Waals surface area contributed by atoms with Crippen LogP contribution in [-0.4, -0.2) is 30.2 Å². The highest BCUT2D eigenvalue weighted by Crippen LogP contribution is 2.19. The number of aliphatic hydroxyl groups is 1. The first-order valence-corrected chi connectivity index (χ1v) is 7.65. The molecule has 0 aliphatic rings. The molecule has 0 radical (unpaired) electrons. The number of anilines is 1. The van der Waals surface area contributed by atoms with Gasteiger partial charge in [0.25, 0.3) is 0 Å². The second-order valence-electron chi connectivity index (χ2n) is 6.47. The maximum Gasteiger partial charge on any atom is 0.245 e. The van der Waals surface area contributed by atoms with Crippen molar-refractivity contribution in [3.63, 3.8) is 0 Å². The molecule has 0 aliphatic heterocycles. The maximum absolute atomic E-state index is 9.03. The van der Waals surface area contributed by atoms with Gasteiger partial charge >= 0.3 is 0 Å². The number of rotatable bonds is 5. The number of nitrogens with one attached hydrogen (secondary N) is 1. The molecule has 8 heteroatoms. The first-order chi connectivity index (χ1) is 11.5. The van der Waals surface area contributed by atoms with E-state index in [1.807, 2.05) is 45.0 Å². The first-order valence-electron chi connectivity index (χ1n) is 7.65. The van der Waals surface area contributed by atoms with Crippen LogP contribution < -0.4 is 5.32 Å². The molecule has 24 heavy (non-hydrogen) atoms. The predicted octanol–water partition coefficient (Wildman–Crippen LogP) is 2.05. The van der Waals surface area contributed by atoms with Crippen LogP contribution in [0, 0.1) is 0 Å². The molecule has 1 aromatic carbocycles. The highest BCUT2D eigenvalue weighted by Gasteiger charge is 2.20. The molecule has 0 bridgehead atoms. The molecule has 2 heterocycles. The summed E-state index contributed by atoms with van der Waals surface area (Å²) in [6.07, 6.45) is 1.69. The van der Waals surface area contributed by atoms with Gasteiger partial charge in [0.05, 0.1) is 25.0 Å². The van der Waals surface area contributed by atoms with Crippen LogP contribution in [0.5, 0.6) is 0 Å². The smallest absolute Gasteiger partial charge is 0.245 e. The molecule has 126 valence electrons. The third-order valence-corrected chi connectivity index (χ3v) is 3.42. The van der Waals surface area contributed by atoms with Crippen molar-refractivity contribution in [1.82, 2.24) is 25.1 Å².